The first-order valence-corrected chi connectivity index (χ1v) is 15.5. The molecule has 10 heteroatoms. The Morgan fingerprint density at radius 3 is 2.64 bits per heavy atom. The van der Waals surface area contributed by atoms with Gasteiger partial charge in [0, 0.05) is 35.0 Å². The Morgan fingerprint density at radius 1 is 1.00 bits per heavy atom. The molecule has 1 N–H and O–H groups in total. The van der Waals surface area contributed by atoms with Crippen molar-refractivity contribution in [2.75, 3.05) is 6.54 Å². The monoisotopic (exact) mass is 597 g/mol. The van der Waals surface area contributed by atoms with E-state index < -0.39 is 12.0 Å². The number of esters is 1. The van der Waals surface area contributed by atoms with Crippen molar-refractivity contribution in [2.24, 2.45) is 5.41 Å². The standard InChI is InChI=1S/C32H27N3O5S2/c36-29(18-34-30(37)21-10-11-26-24(14-21)40-23-8-4-5-9-25(23)42-26)35-22(31(38)39-19-20-6-2-1-3-7-20)15-32(16-27(32)35)17-28-33-12-13-41-28/h1-14,22,27H,15-19H2,(H,34,37)/t22-,27-,32+/m0/s1. The molecule has 3 aliphatic rings. The van der Waals surface area contributed by atoms with Crippen LogP contribution in [0.25, 0.3) is 0 Å². The zero-order valence-electron chi connectivity index (χ0n) is 22.5. The van der Waals surface area contributed by atoms with Crippen molar-refractivity contribution in [1.82, 2.24) is 15.2 Å². The largest absolute Gasteiger partial charge is 0.459 e. The van der Waals surface area contributed by atoms with Crippen LogP contribution < -0.4 is 10.1 Å². The topological polar surface area (TPSA) is 97.8 Å². The van der Waals surface area contributed by atoms with Crippen molar-refractivity contribution in [3.05, 3.63) is 101 Å². The first-order chi connectivity index (χ1) is 20.5. The Hall–Kier alpha value is -4.15. The third-order valence-corrected chi connectivity index (χ3v) is 9.98. The van der Waals surface area contributed by atoms with Crippen LogP contribution in [0.3, 0.4) is 0 Å². The fourth-order valence-corrected chi connectivity index (χ4v) is 7.63. The van der Waals surface area contributed by atoms with E-state index in [1.807, 2.05) is 66.0 Å². The molecule has 4 aromatic rings. The highest BCUT2D eigenvalue weighted by Gasteiger charge is 2.67. The highest BCUT2D eigenvalue weighted by Crippen LogP contribution is 2.61. The van der Waals surface area contributed by atoms with Crippen LogP contribution in [0.4, 0.5) is 0 Å². The molecule has 2 fully saturated rings. The molecule has 3 aromatic carbocycles. The number of likely N-dealkylation sites (tertiary alicyclic amines) is 1. The number of hydrogen-bond acceptors (Lipinski definition) is 8. The lowest BCUT2D eigenvalue weighted by atomic mass is 9.96. The molecule has 0 unspecified atom stereocenters. The maximum Gasteiger partial charge on any atom is 0.329 e. The van der Waals surface area contributed by atoms with E-state index in [1.54, 1.807) is 46.3 Å². The van der Waals surface area contributed by atoms with Crippen LogP contribution in [-0.4, -0.2) is 46.3 Å². The predicted molar refractivity (Wildman–Crippen MR) is 158 cm³/mol. The minimum absolute atomic E-state index is 0.0886. The summed E-state index contributed by atoms with van der Waals surface area (Å²) in [6.45, 7) is -0.0805. The van der Waals surface area contributed by atoms with Crippen molar-refractivity contribution < 1.29 is 23.9 Å². The number of carbonyl (C=O) groups excluding carboxylic acids is 3. The Kier molecular flexibility index (Phi) is 6.95. The van der Waals surface area contributed by atoms with E-state index in [0.29, 0.717) is 24.2 Å². The van der Waals surface area contributed by atoms with E-state index >= 15 is 0 Å². The summed E-state index contributed by atoms with van der Waals surface area (Å²) in [6, 6.07) is 21.7. The minimum Gasteiger partial charge on any atom is -0.459 e. The molecule has 8 nitrogen and oxygen atoms in total. The number of hydrogen-bond donors (Lipinski definition) is 1. The van der Waals surface area contributed by atoms with Crippen LogP contribution in [0.15, 0.2) is 94.2 Å². The van der Waals surface area contributed by atoms with Crippen LogP contribution in [0.5, 0.6) is 11.5 Å². The number of nitrogens with one attached hydrogen (secondary N) is 1. The van der Waals surface area contributed by atoms with E-state index in [-0.39, 0.29) is 36.4 Å². The smallest absolute Gasteiger partial charge is 0.329 e. The summed E-state index contributed by atoms with van der Waals surface area (Å²) in [6.07, 6.45) is 3.81. The fraction of sp³-hybridized carbons (Fsp3) is 0.250. The first kappa shape index (κ1) is 26.7. The SMILES string of the molecule is O=C(NCC(=O)N1[C@H]2C[C@@]2(Cc2nccs2)C[C@H]1C(=O)OCc1ccccc1)c1ccc2c(c1)Oc1ccccc1S2. The normalized spacial score (nSPS) is 21.4. The van der Waals surface area contributed by atoms with Crippen molar-refractivity contribution in [2.45, 2.75) is 47.7 Å². The van der Waals surface area contributed by atoms with Gasteiger partial charge < -0.3 is 19.7 Å². The number of thiazole rings is 1. The van der Waals surface area contributed by atoms with Gasteiger partial charge in [0.05, 0.1) is 21.3 Å². The quantitative estimate of drug-likeness (QED) is 0.237. The molecule has 42 heavy (non-hydrogen) atoms. The van der Waals surface area contributed by atoms with Crippen molar-refractivity contribution in [3.63, 3.8) is 0 Å². The molecule has 1 saturated heterocycles. The average molecular weight is 598 g/mol. The van der Waals surface area contributed by atoms with Crippen LogP contribution in [0.2, 0.25) is 0 Å². The molecule has 0 spiro atoms. The zero-order chi connectivity index (χ0) is 28.7. The van der Waals surface area contributed by atoms with Crippen molar-refractivity contribution in [3.8, 4) is 11.5 Å². The van der Waals surface area contributed by atoms with E-state index in [1.165, 1.54) is 0 Å². The van der Waals surface area contributed by atoms with Crippen LogP contribution in [0.1, 0.15) is 33.8 Å². The molecule has 1 saturated carbocycles. The van der Waals surface area contributed by atoms with Gasteiger partial charge in [0.15, 0.2) is 0 Å². The number of piperidine rings is 1. The molecular weight excluding hydrogens is 571 g/mol. The van der Waals surface area contributed by atoms with E-state index in [9.17, 15) is 14.4 Å². The number of rotatable bonds is 8. The second-order valence-corrected chi connectivity index (χ2v) is 12.9. The van der Waals surface area contributed by atoms with Gasteiger partial charge in [-0.2, -0.15) is 0 Å². The number of aromatic nitrogens is 1. The average Bonchev–Trinajstić information content (AvgIpc) is 3.30. The van der Waals surface area contributed by atoms with Gasteiger partial charge in [0.1, 0.15) is 24.1 Å². The Labute approximate surface area is 251 Å². The van der Waals surface area contributed by atoms with Gasteiger partial charge in [0.25, 0.3) is 5.91 Å². The second-order valence-electron chi connectivity index (χ2n) is 10.8. The Morgan fingerprint density at radius 2 is 1.81 bits per heavy atom. The van der Waals surface area contributed by atoms with Gasteiger partial charge in [0.2, 0.25) is 5.91 Å². The molecule has 3 heterocycles. The Bertz CT molecular complexity index is 1660. The summed E-state index contributed by atoms with van der Waals surface area (Å²) >= 11 is 3.16. The zero-order valence-corrected chi connectivity index (χ0v) is 24.2. The summed E-state index contributed by atoms with van der Waals surface area (Å²) in [5.74, 6) is 0.239. The lowest BCUT2D eigenvalue weighted by Gasteiger charge is -2.26. The van der Waals surface area contributed by atoms with Gasteiger partial charge in [-0.15, -0.1) is 11.3 Å². The molecule has 0 bridgehead atoms. The fourth-order valence-electron chi connectivity index (χ4n) is 5.93. The van der Waals surface area contributed by atoms with Gasteiger partial charge in [-0.05, 0) is 48.7 Å². The number of carbonyl (C=O) groups is 3. The van der Waals surface area contributed by atoms with E-state index in [2.05, 4.69) is 10.3 Å². The summed E-state index contributed by atoms with van der Waals surface area (Å²) in [7, 11) is 0. The van der Waals surface area contributed by atoms with Crippen LogP contribution >= 0.6 is 23.1 Å². The molecule has 0 radical (unpaired) electrons. The summed E-state index contributed by atoms with van der Waals surface area (Å²) in [4.78, 5) is 48.0. The lowest BCUT2D eigenvalue weighted by Crippen LogP contribution is -2.48. The number of benzene rings is 3. The summed E-state index contributed by atoms with van der Waals surface area (Å²) in [5.41, 5.74) is 1.08. The number of nitrogens with zero attached hydrogens (tertiary/aromatic N) is 2. The number of ether oxygens (including phenoxy) is 2. The molecule has 2 aliphatic heterocycles. The van der Waals surface area contributed by atoms with Gasteiger partial charge in [-0.1, -0.05) is 54.2 Å². The minimum atomic E-state index is -0.703. The summed E-state index contributed by atoms with van der Waals surface area (Å²) in [5, 5.41) is 5.69. The van der Waals surface area contributed by atoms with Gasteiger partial charge in [-0.25, -0.2) is 9.78 Å². The number of para-hydroxylation sites is 1. The Balaban J connectivity index is 1.03. The maximum absolute atomic E-state index is 13.6. The predicted octanol–water partition coefficient (Wildman–Crippen LogP) is 5.48. The molecule has 7 rings (SSSR count). The molecule has 1 aliphatic carbocycles. The summed E-state index contributed by atoms with van der Waals surface area (Å²) < 4.78 is 11.7. The number of fused-ring (bicyclic) bond motifs is 3. The van der Waals surface area contributed by atoms with Gasteiger partial charge in [-0.3, -0.25) is 9.59 Å². The van der Waals surface area contributed by atoms with Crippen LogP contribution in [-0.2, 0) is 27.4 Å². The lowest BCUT2D eigenvalue weighted by molar-refractivity contribution is -0.155. The second kappa shape index (κ2) is 10.9. The highest BCUT2D eigenvalue weighted by molar-refractivity contribution is 7.99. The first-order valence-electron chi connectivity index (χ1n) is 13.8. The van der Waals surface area contributed by atoms with Gasteiger partial charge >= 0.3 is 5.97 Å². The maximum atomic E-state index is 13.6. The van der Waals surface area contributed by atoms with Crippen LogP contribution in [0, 0.1) is 5.41 Å². The van der Waals surface area contributed by atoms with Crippen molar-refractivity contribution in [1.29, 1.82) is 0 Å². The molecule has 212 valence electrons. The number of amides is 2. The third-order valence-electron chi connectivity index (χ3n) is 8.08. The molecule has 1 aromatic heterocycles. The molecule has 2 amide bonds. The highest BCUT2D eigenvalue weighted by atomic mass is 32.2. The van der Waals surface area contributed by atoms with Crippen molar-refractivity contribution >= 4 is 40.9 Å². The third kappa shape index (κ3) is 5.16. The molecule has 3 atom stereocenters. The van der Waals surface area contributed by atoms with E-state index in [4.69, 9.17) is 9.47 Å². The molecular formula is C32H27N3O5S2. The van der Waals surface area contributed by atoms with E-state index in [0.717, 1.165) is 32.5 Å².